The van der Waals surface area contributed by atoms with Gasteiger partial charge in [0, 0.05) is 5.69 Å². The summed E-state index contributed by atoms with van der Waals surface area (Å²) in [5, 5.41) is 11.8. The minimum Gasteiger partial charge on any atom is -0.497 e. The number of anilines is 2. The van der Waals surface area contributed by atoms with E-state index in [9.17, 15) is 9.59 Å². The van der Waals surface area contributed by atoms with Crippen molar-refractivity contribution in [2.24, 2.45) is 0 Å². The summed E-state index contributed by atoms with van der Waals surface area (Å²) in [7, 11) is 1.58. The van der Waals surface area contributed by atoms with Crippen molar-refractivity contribution in [3.63, 3.8) is 0 Å². The Morgan fingerprint density at radius 1 is 0.933 bits per heavy atom. The molecular weight excluding hydrogens is 400 g/mol. The number of methoxy groups -OCH3 is 1. The number of carbonyl (C=O) groups is 2. The first kappa shape index (κ1) is 19.4. The van der Waals surface area contributed by atoms with Crippen LogP contribution in [0.3, 0.4) is 0 Å². The second kappa shape index (κ2) is 8.62. The molecule has 4 rings (SSSR count). The second-order valence-corrected chi connectivity index (χ2v) is 7.22. The third-order valence-electron chi connectivity index (χ3n) is 4.34. The first-order chi connectivity index (χ1) is 14.7. The van der Waals surface area contributed by atoms with E-state index < -0.39 is 0 Å². The molecule has 0 atom stereocenters. The Morgan fingerprint density at radius 2 is 1.70 bits per heavy atom. The first-order valence-corrected chi connectivity index (χ1v) is 9.97. The number of hydrogen-bond acceptors (Lipinski definition) is 5. The van der Waals surface area contributed by atoms with E-state index in [-0.39, 0.29) is 17.4 Å². The number of thiophene rings is 1. The lowest BCUT2D eigenvalue weighted by Gasteiger charge is -2.11. The van der Waals surface area contributed by atoms with Crippen LogP contribution in [0, 0.1) is 0 Å². The Bertz CT molecular complexity index is 1150. The van der Waals surface area contributed by atoms with Crippen LogP contribution in [0.2, 0.25) is 0 Å². The topological polar surface area (TPSA) is 85.2 Å². The number of ether oxygens (including phenoxy) is 1. The summed E-state index contributed by atoms with van der Waals surface area (Å²) in [6.45, 7) is 0. The summed E-state index contributed by atoms with van der Waals surface area (Å²) in [5.74, 6) is 0.296. The summed E-state index contributed by atoms with van der Waals surface area (Å²) in [4.78, 5) is 26.2. The third kappa shape index (κ3) is 4.08. The molecule has 2 aromatic heterocycles. The summed E-state index contributed by atoms with van der Waals surface area (Å²) in [6.07, 6.45) is 1.44. The third-order valence-corrected chi connectivity index (χ3v) is 5.21. The minimum absolute atomic E-state index is 0.250. The highest BCUT2D eigenvalue weighted by Gasteiger charge is 2.21. The van der Waals surface area contributed by atoms with Crippen LogP contribution in [-0.2, 0) is 0 Å². The molecule has 0 radical (unpaired) electrons. The molecule has 0 bridgehead atoms. The van der Waals surface area contributed by atoms with Crippen LogP contribution in [-0.4, -0.2) is 28.7 Å². The lowest BCUT2D eigenvalue weighted by molar-refractivity contribution is 0.102. The summed E-state index contributed by atoms with van der Waals surface area (Å²) in [5.41, 5.74) is 1.57. The molecule has 2 heterocycles. The normalized spacial score (nSPS) is 10.4. The van der Waals surface area contributed by atoms with Crippen molar-refractivity contribution in [2.75, 3.05) is 17.7 Å². The van der Waals surface area contributed by atoms with Gasteiger partial charge in [-0.15, -0.1) is 11.3 Å². The van der Waals surface area contributed by atoms with Crippen molar-refractivity contribution in [3.8, 4) is 11.4 Å². The number of para-hydroxylation sites is 1. The van der Waals surface area contributed by atoms with Gasteiger partial charge >= 0.3 is 0 Å². The zero-order valence-corrected chi connectivity index (χ0v) is 16.8. The molecule has 0 saturated carbocycles. The summed E-state index contributed by atoms with van der Waals surface area (Å²) < 4.78 is 6.67. The van der Waals surface area contributed by atoms with Crippen molar-refractivity contribution in [2.45, 2.75) is 0 Å². The van der Waals surface area contributed by atoms with Gasteiger partial charge in [0.1, 0.15) is 17.1 Å². The van der Waals surface area contributed by atoms with Gasteiger partial charge in [-0.3, -0.25) is 9.59 Å². The van der Waals surface area contributed by atoms with Gasteiger partial charge in [0.25, 0.3) is 11.8 Å². The maximum Gasteiger partial charge on any atom is 0.266 e. The molecule has 0 aliphatic rings. The Labute approximate surface area is 176 Å². The van der Waals surface area contributed by atoms with Gasteiger partial charge < -0.3 is 15.4 Å². The largest absolute Gasteiger partial charge is 0.497 e. The lowest BCUT2D eigenvalue weighted by Crippen LogP contribution is -2.19. The zero-order valence-electron chi connectivity index (χ0n) is 16.0. The van der Waals surface area contributed by atoms with Crippen LogP contribution in [0.15, 0.2) is 78.3 Å². The Kier molecular flexibility index (Phi) is 5.58. The van der Waals surface area contributed by atoms with Gasteiger partial charge in [0.15, 0.2) is 0 Å². The van der Waals surface area contributed by atoms with E-state index in [1.807, 2.05) is 35.7 Å². The average Bonchev–Trinajstić information content (AvgIpc) is 3.45. The molecule has 0 aliphatic carbocycles. The molecule has 8 heteroatoms. The monoisotopic (exact) mass is 418 g/mol. The standard InChI is InChI=1S/C22H18N4O3S/c1-29-17-11-9-15(10-12-17)24-21(27)18-14-23-26(16-6-3-2-4-7-16)20(18)25-22(28)19-8-5-13-30-19/h2-14H,1H3,(H,24,27)(H,25,28). The van der Waals surface area contributed by atoms with E-state index in [0.29, 0.717) is 22.1 Å². The van der Waals surface area contributed by atoms with Crippen LogP contribution in [0.25, 0.3) is 5.69 Å². The van der Waals surface area contributed by atoms with Gasteiger partial charge in [-0.25, -0.2) is 4.68 Å². The number of nitrogens with one attached hydrogen (secondary N) is 2. The van der Waals surface area contributed by atoms with Crippen LogP contribution < -0.4 is 15.4 Å². The van der Waals surface area contributed by atoms with E-state index in [4.69, 9.17) is 4.74 Å². The lowest BCUT2D eigenvalue weighted by atomic mass is 10.2. The molecule has 30 heavy (non-hydrogen) atoms. The predicted octanol–water partition coefficient (Wildman–Crippen LogP) is 4.45. The van der Waals surface area contributed by atoms with Gasteiger partial charge in [0.05, 0.1) is 23.9 Å². The fourth-order valence-corrected chi connectivity index (χ4v) is 3.47. The van der Waals surface area contributed by atoms with Crippen molar-refractivity contribution < 1.29 is 14.3 Å². The molecule has 150 valence electrons. The van der Waals surface area contributed by atoms with Gasteiger partial charge in [-0.1, -0.05) is 24.3 Å². The number of aromatic nitrogens is 2. The molecule has 2 aromatic carbocycles. The number of amides is 2. The molecule has 2 amide bonds. The molecule has 0 aliphatic heterocycles. The Hall–Kier alpha value is -3.91. The molecule has 7 nitrogen and oxygen atoms in total. The van der Waals surface area contributed by atoms with Gasteiger partial charge in [-0.2, -0.15) is 5.10 Å². The SMILES string of the molecule is COc1ccc(NC(=O)c2cnn(-c3ccccc3)c2NC(=O)c2cccs2)cc1. The summed E-state index contributed by atoms with van der Waals surface area (Å²) in [6, 6.07) is 19.8. The van der Waals surface area contributed by atoms with Crippen molar-refractivity contribution in [1.82, 2.24) is 9.78 Å². The van der Waals surface area contributed by atoms with Crippen LogP contribution in [0.4, 0.5) is 11.5 Å². The van der Waals surface area contributed by atoms with E-state index in [0.717, 1.165) is 5.69 Å². The summed E-state index contributed by atoms with van der Waals surface area (Å²) >= 11 is 1.32. The van der Waals surface area contributed by atoms with E-state index in [2.05, 4.69) is 15.7 Å². The number of benzene rings is 2. The van der Waals surface area contributed by atoms with E-state index in [1.165, 1.54) is 22.2 Å². The molecule has 0 spiro atoms. The van der Waals surface area contributed by atoms with Crippen molar-refractivity contribution >= 4 is 34.7 Å². The highest BCUT2D eigenvalue weighted by atomic mass is 32.1. The number of hydrogen-bond donors (Lipinski definition) is 2. The highest BCUT2D eigenvalue weighted by molar-refractivity contribution is 7.12. The van der Waals surface area contributed by atoms with Crippen LogP contribution in [0.1, 0.15) is 20.0 Å². The van der Waals surface area contributed by atoms with E-state index in [1.54, 1.807) is 43.5 Å². The molecule has 2 N–H and O–H groups in total. The maximum atomic E-state index is 13.0. The smallest absolute Gasteiger partial charge is 0.266 e. The quantitative estimate of drug-likeness (QED) is 0.485. The van der Waals surface area contributed by atoms with Gasteiger partial charge in [0.2, 0.25) is 0 Å². The molecule has 0 saturated heterocycles. The van der Waals surface area contributed by atoms with Crippen molar-refractivity contribution in [1.29, 1.82) is 0 Å². The molecule has 0 fully saturated rings. The number of rotatable bonds is 6. The zero-order chi connectivity index (χ0) is 20.9. The maximum absolute atomic E-state index is 13.0. The average molecular weight is 418 g/mol. The fraction of sp³-hybridized carbons (Fsp3) is 0.0455. The molecule has 0 unspecified atom stereocenters. The minimum atomic E-state index is -0.385. The first-order valence-electron chi connectivity index (χ1n) is 9.09. The number of nitrogens with zero attached hydrogens (tertiary/aromatic N) is 2. The molecular formula is C22H18N4O3S. The van der Waals surface area contributed by atoms with Crippen LogP contribution in [0.5, 0.6) is 5.75 Å². The number of carbonyl (C=O) groups excluding carboxylic acids is 2. The van der Waals surface area contributed by atoms with Crippen LogP contribution >= 0.6 is 11.3 Å². The van der Waals surface area contributed by atoms with E-state index >= 15 is 0 Å². The Balaban J connectivity index is 1.66. The fourth-order valence-electron chi connectivity index (χ4n) is 2.85. The highest BCUT2D eigenvalue weighted by Crippen LogP contribution is 2.24. The molecule has 4 aromatic rings. The Morgan fingerprint density at radius 3 is 2.37 bits per heavy atom. The predicted molar refractivity (Wildman–Crippen MR) is 117 cm³/mol. The second-order valence-electron chi connectivity index (χ2n) is 6.27. The van der Waals surface area contributed by atoms with Crippen molar-refractivity contribution in [3.05, 3.63) is 88.7 Å². The van der Waals surface area contributed by atoms with Gasteiger partial charge in [-0.05, 0) is 47.8 Å².